The van der Waals surface area contributed by atoms with Gasteiger partial charge in [0.15, 0.2) is 11.8 Å². The lowest BCUT2D eigenvalue weighted by atomic mass is 10.1. The van der Waals surface area contributed by atoms with E-state index in [-0.39, 0.29) is 30.1 Å². The molecular formula is C22H33IN6O2. The maximum Gasteiger partial charge on any atom is 0.248 e. The summed E-state index contributed by atoms with van der Waals surface area (Å²) in [5.74, 6) is 1.74. The van der Waals surface area contributed by atoms with Crippen molar-refractivity contribution in [2.24, 2.45) is 4.99 Å². The molecule has 1 atom stereocenters. The van der Waals surface area contributed by atoms with Gasteiger partial charge in [0.1, 0.15) is 12.6 Å². The highest BCUT2D eigenvalue weighted by Crippen LogP contribution is 2.22. The van der Waals surface area contributed by atoms with E-state index in [0.29, 0.717) is 24.9 Å². The second-order valence-corrected chi connectivity index (χ2v) is 7.02. The lowest BCUT2D eigenvalue weighted by molar-refractivity contribution is 0.0683. The summed E-state index contributed by atoms with van der Waals surface area (Å²) >= 11 is 0. The quantitative estimate of drug-likeness (QED) is 0.203. The molecule has 9 heteroatoms. The Balaban J connectivity index is 0.00000341. The number of aryl methyl sites for hydroxylation is 1. The lowest BCUT2D eigenvalue weighted by Crippen LogP contribution is -2.38. The molecule has 170 valence electrons. The van der Waals surface area contributed by atoms with E-state index in [1.807, 2.05) is 20.8 Å². The van der Waals surface area contributed by atoms with Crippen LogP contribution < -0.4 is 10.6 Å². The fourth-order valence-electron chi connectivity index (χ4n) is 3.40. The van der Waals surface area contributed by atoms with E-state index in [1.54, 1.807) is 0 Å². The minimum absolute atomic E-state index is 0. The van der Waals surface area contributed by atoms with Crippen LogP contribution in [0.4, 0.5) is 0 Å². The standard InChI is InChI=1S/C22H32N6O2.HI/c1-5-16-9-8-10-18-17(13-25-20(16)18)11-12-24-22(23-6-2)26-14-19-27-21(28-30-19)15(4)29-7-3;/h8-10,13,15,25H,5-7,11-12,14H2,1-4H3,(H2,23,24,26);1H. The van der Waals surface area contributed by atoms with Crippen LogP contribution >= 0.6 is 24.0 Å². The summed E-state index contributed by atoms with van der Waals surface area (Å²) in [7, 11) is 0. The number of nitrogens with zero attached hydrogens (tertiary/aromatic N) is 3. The van der Waals surface area contributed by atoms with Crippen molar-refractivity contribution < 1.29 is 9.26 Å². The van der Waals surface area contributed by atoms with Crippen LogP contribution in [0, 0.1) is 0 Å². The number of fused-ring (bicyclic) bond motifs is 1. The summed E-state index contributed by atoms with van der Waals surface area (Å²) in [5.41, 5.74) is 3.89. The first kappa shape index (κ1) is 25.1. The van der Waals surface area contributed by atoms with Gasteiger partial charge in [0, 0.05) is 36.8 Å². The zero-order valence-corrected chi connectivity index (χ0v) is 21.0. The van der Waals surface area contributed by atoms with Crippen molar-refractivity contribution in [2.75, 3.05) is 19.7 Å². The van der Waals surface area contributed by atoms with Crippen LogP contribution in [0.2, 0.25) is 0 Å². The number of H-pyrrole nitrogens is 1. The average Bonchev–Trinajstić information content (AvgIpc) is 3.39. The largest absolute Gasteiger partial charge is 0.371 e. The van der Waals surface area contributed by atoms with Gasteiger partial charge < -0.3 is 24.9 Å². The number of nitrogens with one attached hydrogen (secondary N) is 3. The molecule has 0 saturated carbocycles. The van der Waals surface area contributed by atoms with Crippen LogP contribution in [0.15, 0.2) is 33.9 Å². The van der Waals surface area contributed by atoms with E-state index in [2.05, 4.69) is 62.1 Å². The molecule has 2 aromatic heterocycles. The molecule has 0 radical (unpaired) electrons. The van der Waals surface area contributed by atoms with Gasteiger partial charge >= 0.3 is 0 Å². The van der Waals surface area contributed by atoms with Gasteiger partial charge in [-0.1, -0.05) is 30.3 Å². The zero-order chi connectivity index (χ0) is 21.3. The molecule has 2 heterocycles. The molecule has 1 aromatic carbocycles. The normalized spacial score (nSPS) is 12.6. The predicted molar refractivity (Wildman–Crippen MR) is 134 cm³/mol. The summed E-state index contributed by atoms with van der Waals surface area (Å²) in [6.45, 7) is 10.5. The van der Waals surface area contributed by atoms with E-state index in [9.17, 15) is 0 Å². The smallest absolute Gasteiger partial charge is 0.248 e. The molecule has 0 amide bonds. The molecular weight excluding hydrogens is 507 g/mol. The number of rotatable bonds is 10. The van der Waals surface area contributed by atoms with Crippen LogP contribution in [0.5, 0.6) is 0 Å². The Morgan fingerprint density at radius 3 is 2.81 bits per heavy atom. The van der Waals surface area contributed by atoms with E-state index in [1.165, 1.54) is 22.0 Å². The molecule has 0 aliphatic rings. The Hall–Kier alpha value is -2.14. The summed E-state index contributed by atoms with van der Waals surface area (Å²) in [5, 5.41) is 11.9. The van der Waals surface area contributed by atoms with Gasteiger partial charge in [-0.15, -0.1) is 24.0 Å². The molecule has 1 unspecified atom stereocenters. The van der Waals surface area contributed by atoms with Crippen molar-refractivity contribution in [1.82, 2.24) is 25.8 Å². The fraction of sp³-hybridized carbons (Fsp3) is 0.500. The van der Waals surface area contributed by atoms with E-state index < -0.39 is 0 Å². The number of benzene rings is 1. The topological polar surface area (TPSA) is 100 Å². The van der Waals surface area contributed by atoms with Gasteiger partial charge in [-0.2, -0.15) is 4.98 Å². The Labute approximate surface area is 200 Å². The molecule has 0 bridgehead atoms. The van der Waals surface area contributed by atoms with E-state index in [4.69, 9.17) is 9.26 Å². The van der Waals surface area contributed by atoms with Crippen molar-refractivity contribution in [3.05, 3.63) is 47.2 Å². The monoisotopic (exact) mass is 540 g/mol. The minimum atomic E-state index is -0.188. The third kappa shape index (κ3) is 6.67. The first-order valence-electron chi connectivity index (χ1n) is 10.7. The van der Waals surface area contributed by atoms with Gasteiger partial charge in [0.25, 0.3) is 0 Å². The maximum atomic E-state index is 5.49. The number of para-hydroxylation sites is 1. The molecule has 0 spiro atoms. The number of hydrogen-bond acceptors (Lipinski definition) is 5. The Morgan fingerprint density at radius 1 is 1.23 bits per heavy atom. The van der Waals surface area contributed by atoms with Crippen molar-refractivity contribution in [1.29, 1.82) is 0 Å². The number of aliphatic imine (C=N–C) groups is 1. The Bertz CT molecular complexity index is 968. The van der Waals surface area contributed by atoms with Crippen LogP contribution in [-0.2, 0) is 24.1 Å². The van der Waals surface area contributed by atoms with Crippen LogP contribution in [-0.4, -0.2) is 40.8 Å². The summed E-state index contributed by atoms with van der Waals surface area (Å²) in [6, 6.07) is 6.48. The third-order valence-corrected chi connectivity index (χ3v) is 4.94. The van der Waals surface area contributed by atoms with Crippen LogP contribution in [0.1, 0.15) is 56.6 Å². The molecule has 0 saturated heterocycles. The van der Waals surface area contributed by atoms with Crippen molar-refractivity contribution >= 4 is 40.8 Å². The predicted octanol–water partition coefficient (Wildman–Crippen LogP) is 4.13. The fourth-order valence-corrected chi connectivity index (χ4v) is 3.40. The molecule has 3 rings (SSSR count). The number of hydrogen-bond donors (Lipinski definition) is 3. The second-order valence-electron chi connectivity index (χ2n) is 7.02. The third-order valence-electron chi connectivity index (χ3n) is 4.94. The molecule has 0 aliphatic carbocycles. The first-order valence-corrected chi connectivity index (χ1v) is 10.7. The summed E-state index contributed by atoms with van der Waals surface area (Å²) in [4.78, 5) is 12.3. The number of halogens is 1. The van der Waals surface area contributed by atoms with Crippen LogP contribution in [0.3, 0.4) is 0 Å². The number of aromatic nitrogens is 3. The van der Waals surface area contributed by atoms with Crippen molar-refractivity contribution in [3.8, 4) is 0 Å². The molecule has 31 heavy (non-hydrogen) atoms. The number of aromatic amines is 1. The first-order chi connectivity index (χ1) is 14.7. The molecule has 3 aromatic rings. The molecule has 0 fully saturated rings. The lowest BCUT2D eigenvalue weighted by Gasteiger charge is -2.10. The van der Waals surface area contributed by atoms with Gasteiger partial charge in [0.2, 0.25) is 5.89 Å². The molecule has 3 N–H and O–H groups in total. The number of guanidine groups is 1. The molecule has 0 aliphatic heterocycles. The Morgan fingerprint density at radius 2 is 2.06 bits per heavy atom. The highest BCUT2D eigenvalue weighted by Gasteiger charge is 2.13. The molecule has 8 nitrogen and oxygen atoms in total. The van der Waals surface area contributed by atoms with Gasteiger partial charge in [-0.3, -0.25) is 0 Å². The minimum Gasteiger partial charge on any atom is -0.371 e. The van der Waals surface area contributed by atoms with Crippen molar-refractivity contribution in [2.45, 2.75) is 53.2 Å². The van der Waals surface area contributed by atoms with Crippen LogP contribution in [0.25, 0.3) is 10.9 Å². The summed E-state index contributed by atoms with van der Waals surface area (Å²) in [6.07, 6.45) is 3.84. The SMILES string of the molecule is CCNC(=NCc1nc(C(C)OCC)no1)NCCc1c[nH]c2c(CC)cccc12.I. The van der Waals surface area contributed by atoms with Gasteiger partial charge in [0.05, 0.1) is 0 Å². The second kappa shape index (κ2) is 12.7. The number of ether oxygens (including phenoxy) is 1. The van der Waals surface area contributed by atoms with Crippen molar-refractivity contribution in [3.63, 3.8) is 0 Å². The average molecular weight is 540 g/mol. The Kier molecular flexibility index (Phi) is 10.3. The van der Waals surface area contributed by atoms with Gasteiger partial charge in [-0.05, 0) is 44.7 Å². The summed E-state index contributed by atoms with van der Waals surface area (Å²) < 4.78 is 10.8. The zero-order valence-electron chi connectivity index (χ0n) is 18.7. The van der Waals surface area contributed by atoms with E-state index in [0.717, 1.165) is 31.9 Å². The maximum absolute atomic E-state index is 5.49. The van der Waals surface area contributed by atoms with E-state index >= 15 is 0 Å². The highest BCUT2D eigenvalue weighted by molar-refractivity contribution is 14.0. The van der Waals surface area contributed by atoms with Gasteiger partial charge in [-0.25, -0.2) is 4.99 Å². The highest BCUT2D eigenvalue weighted by atomic mass is 127.